The van der Waals surface area contributed by atoms with Crippen molar-refractivity contribution < 1.29 is 62.9 Å². The topological polar surface area (TPSA) is 46.2 Å². The third-order valence-electron chi connectivity index (χ3n) is 3.04. The minimum Gasteiger partial charge on any atom is -0.460 e. The van der Waals surface area contributed by atoms with E-state index >= 15 is 0 Å². The molecule has 23 heavy (non-hydrogen) atoms. The van der Waals surface area contributed by atoms with Crippen LogP contribution in [0.1, 0.15) is 0 Å². The summed E-state index contributed by atoms with van der Waals surface area (Å²) < 4.78 is 147. The number of hydrogen-bond donors (Lipinski definition) is 0. The maximum Gasteiger partial charge on any atom is 0.384 e. The first-order valence-electron chi connectivity index (χ1n) is 5.31. The molecule has 0 amide bonds. The zero-order chi connectivity index (χ0) is 18.7. The molecular formula is C9H4F11O3. The normalized spacial score (nSPS) is 28.9. The molecule has 0 aromatic heterocycles. The zero-order valence-electron chi connectivity index (χ0n) is 10.3. The Morgan fingerprint density at radius 2 is 0.957 bits per heavy atom. The van der Waals surface area contributed by atoms with Crippen molar-refractivity contribution in [2.24, 2.45) is 0 Å². The average Bonchev–Trinajstić information content (AvgIpc) is 2.41. The number of hydrogen-bond acceptors (Lipinski definition) is 2. The molecule has 0 saturated heterocycles. The molecule has 135 valence electrons. The predicted octanol–water partition coefficient (Wildman–Crippen LogP) is 2.86. The second-order valence-electron chi connectivity index (χ2n) is 4.37. The lowest BCUT2D eigenvalue weighted by atomic mass is 9.72. The second-order valence-corrected chi connectivity index (χ2v) is 4.37. The Hall–Kier alpha value is -1.34. The SMILES string of the molecule is [O]CCOC(=O)C1(F)C(F)(F)C(F)(F)C(F)(F)C(F)(F)C1(F)F. The fraction of sp³-hybridized carbons (Fsp3) is 0.889. The third-order valence-corrected chi connectivity index (χ3v) is 3.04. The summed E-state index contributed by atoms with van der Waals surface area (Å²) >= 11 is 0. The second kappa shape index (κ2) is 4.83. The lowest BCUT2D eigenvalue weighted by Gasteiger charge is -2.50. The first-order valence-corrected chi connectivity index (χ1v) is 5.31. The van der Waals surface area contributed by atoms with Gasteiger partial charge in [0, 0.05) is 0 Å². The molecule has 0 atom stereocenters. The van der Waals surface area contributed by atoms with Gasteiger partial charge in [0.2, 0.25) is 0 Å². The Morgan fingerprint density at radius 3 is 1.26 bits per heavy atom. The van der Waals surface area contributed by atoms with Crippen molar-refractivity contribution in [3.05, 3.63) is 0 Å². The number of carbonyl (C=O) groups is 1. The van der Waals surface area contributed by atoms with Crippen LogP contribution in [0.3, 0.4) is 0 Å². The van der Waals surface area contributed by atoms with E-state index in [1.807, 2.05) is 0 Å². The van der Waals surface area contributed by atoms with Crippen LogP contribution in [0.5, 0.6) is 0 Å². The van der Waals surface area contributed by atoms with E-state index in [1.165, 1.54) is 0 Å². The van der Waals surface area contributed by atoms with Crippen molar-refractivity contribution in [2.45, 2.75) is 35.3 Å². The number of alkyl halides is 11. The van der Waals surface area contributed by atoms with Crippen molar-refractivity contribution in [1.82, 2.24) is 0 Å². The molecule has 1 aliphatic carbocycles. The van der Waals surface area contributed by atoms with Gasteiger partial charge in [-0.1, -0.05) is 0 Å². The molecule has 1 saturated carbocycles. The monoisotopic (exact) mass is 369 g/mol. The largest absolute Gasteiger partial charge is 0.460 e. The number of carbonyl (C=O) groups excluding carboxylic acids is 1. The van der Waals surface area contributed by atoms with Gasteiger partial charge in [-0.15, -0.1) is 0 Å². The lowest BCUT2D eigenvalue weighted by Crippen LogP contribution is -2.85. The molecule has 0 aromatic carbocycles. The Labute approximate surface area is 119 Å². The highest BCUT2D eigenvalue weighted by Crippen LogP contribution is 2.69. The zero-order valence-corrected chi connectivity index (χ0v) is 10.3. The van der Waals surface area contributed by atoms with Crippen molar-refractivity contribution in [1.29, 1.82) is 0 Å². The molecule has 0 aliphatic heterocycles. The van der Waals surface area contributed by atoms with Crippen LogP contribution >= 0.6 is 0 Å². The van der Waals surface area contributed by atoms with E-state index in [2.05, 4.69) is 4.74 Å². The van der Waals surface area contributed by atoms with Crippen molar-refractivity contribution in [2.75, 3.05) is 13.2 Å². The maximum atomic E-state index is 13.8. The van der Waals surface area contributed by atoms with E-state index in [0.717, 1.165) is 0 Å². The quantitative estimate of drug-likeness (QED) is 0.568. The summed E-state index contributed by atoms with van der Waals surface area (Å²) in [5.74, 6) is -40.4. The molecule has 0 N–H and O–H groups in total. The summed E-state index contributed by atoms with van der Waals surface area (Å²) in [5, 5.41) is 9.91. The van der Waals surface area contributed by atoms with Gasteiger partial charge >= 0.3 is 41.3 Å². The number of esters is 1. The van der Waals surface area contributed by atoms with Crippen LogP contribution < -0.4 is 0 Å². The van der Waals surface area contributed by atoms with Crippen LogP contribution in [0.25, 0.3) is 0 Å². The standard InChI is InChI=1S/C9H4F11O3/c10-4(3(22)23-2-1-21)5(11,12)7(15,16)9(19,20)8(17,18)6(4,13)14/h1-2H2. The van der Waals surface area contributed by atoms with Crippen molar-refractivity contribution in [3.63, 3.8) is 0 Å². The van der Waals surface area contributed by atoms with Gasteiger partial charge in [-0.25, -0.2) is 14.3 Å². The Kier molecular flexibility index (Phi) is 4.14. The molecule has 0 unspecified atom stereocenters. The molecule has 0 aromatic rings. The summed E-state index contributed by atoms with van der Waals surface area (Å²) in [6.45, 7) is -3.20. The fourth-order valence-electron chi connectivity index (χ4n) is 1.71. The highest BCUT2D eigenvalue weighted by atomic mass is 19.4. The Bertz CT molecular complexity index is 471. The van der Waals surface area contributed by atoms with Crippen LogP contribution in [0.4, 0.5) is 48.3 Å². The Morgan fingerprint density at radius 1 is 0.652 bits per heavy atom. The molecular weight excluding hydrogens is 365 g/mol. The first-order chi connectivity index (χ1) is 9.98. The van der Waals surface area contributed by atoms with Gasteiger partial charge in [0.15, 0.2) is 0 Å². The number of halogens is 11. The Balaban J connectivity index is 3.71. The van der Waals surface area contributed by atoms with E-state index < -0.39 is 54.5 Å². The summed E-state index contributed by atoms with van der Waals surface area (Å²) in [4.78, 5) is 10.9. The molecule has 0 bridgehead atoms. The van der Waals surface area contributed by atoms with E-state index in [-0.39, 0.29) is 0 Å². The number of rotatable bonds is 3. The van der Waals surface area contributed by atoms with E-state index in [0.29, 0.717) is 0 Å². The van der Waals surface area contributed by atoms with E-state index in [4.69, 9.17) is 0 Å². The summed E-state index contributed by atoms with van der Waals surface area (Å²) in [6.07, 6.45) is 0. The molecule has 3 nitrogen and oxygen atoms in total. The lowest BCUT2D eigenvalue weighted by molar-refractivity contribution is -0.478. The van der Waals surface area contributed by atoms with Crippen LogP contribution in [0.15, 0.2) is 0 Å². The van der Waals surface area contributed by atoms with Gasteiger partial charge in [0.25, 0.3) is 0 Å². The van der Waals surface area contributed by atoms with Gasteiger partial charge in [0.05, 0.1) is 0 Å². The van der Waals surface area contributed by atoms with Gasteiger partial charge in [-0.2, -0.15) is 43.9 Å². The van der Waals surface area contributed by atoms with Crippen LogP contribution in [0, 0.1) is 0 Å². The minimum absolute atomic E-state index is 1.57. The molecule has 0 heterocycles. The number of ether oxygens (including phenoxy) is 1. The molecule has 1 radical (unpaired) electrons. The van der Waals surface area contributed by atoms with Crippen LogP contribution in [0.2, 0.25) is 0 Å². The minimum atomic E-state index is -7.40. The smallest absolute Gasteiger partial charge is 0.384 e. The van der Waals surface area contributed by atoms with Crippen LogP contribution in [-0.2, 0) is 14.6 Å². The highest BCUT2D eigenvalue weighted by Gasteiger charge is 3.03. The molecule has 1 aliphatic rings. The van der Waals surface area contributed by atoms with Gasteiger partial charge in [0.1, 0.15) is 13.2 Å². The maximum absolute atomic E-state index is 13.8. The van der Waals surface area contributed by atoms with E-state index in [9.17, 15) is 58.2 Å². The van der Waals surface area contributed by atoms with Gasteiger partial charge in [-0.05, 0) is 0 Å². The first kappa shape index (κ1) is 19.7. The molecule has 1 fully saturated rings. The van der Waals surface area contributed by atoms with Crippen molar-refractivity contribution in [3.8, 4) is 0 Å². The third kappa shape index (κ3) is 1.83. The summed E-state index contributed by atoms with van der Waals surface area (Å²) in [7, 11) is 0. The van der Waals surface area contributed by atoms with Crippen LogP contribution in [-0.4, -0.2) is 54.5 Å². The molecule has 0 spiro atoms. The average molecular weight is 369 g/mol. The molecule has 14 heteroatoms. The summed E-state index contributed by atoms with van der Waals surface area (Å²) in [5.41, 5.74) is -6.84. The predicted molar refractivity (Wildman–Crippen MR) is 45.1 cm³/mol. The van der Waals surface area contributed by atoms with Gasteiger partial charge in [-0.3, -0.25) is 0 Å². The van der Waals surface area contributed by atoms with E-state index in [1.54, 1.807) is 0 Å². The van der Waals surface area contributed by atoms with Gasteiger partial charge < -0.3 is 4.74 Å². The summed E-state index contributed by atoms with van der Waals surface area (Å²) in [6, 6.07) is 0. The van der Waals surface area contributed by atoms with Crippen molar-refractivity contribution >= 4 is 5.97 Å². The highest BCUT2D eigenvalue weighted by molar-refractivity contribution is 5.84. The molecule has 1 rings (SSSR count). The fourth-order valence-corrected chi connectivity index (χ4v) is 1.71.